The first kappa shape index (κ1) is 20.7. The molecule has 2 heterocycles. The Morgan fingerprint density at radius 2 is 2.03 bits per heavy atom. The van der Waals surface area contributed by atoms with Crippen LogP contribution in [0.4, 0.5) is 5.69 Å². The van der Waals surface area contributed by atoms with E-state index in [0.717, 1.165) is 12.8 Å². The maximum Gasteiger partial charge on any atom is 0.338 e. The fraction of sp³-hybridized carbons (Fsp3) is 0.350. The van der Waals surface area contributed by atoms with Gasteiger partial charge in [0, 0.05) is 17.8 Å². The van der Waals surface area contributed by atoms with Crippen LogP contribution < -0.4 is 14.9 Å². The Bertz CT molecular complexity index is 1160. The molecule has 0 bridgehead atoms. The molecular weight excluding hydrogens is 394 g/mol. The van der Waals surface area contributed by atoms with E-state index in [9.17, 15) is 19.7 Å². The zero-order valence-electron chi connectivity index (χ0n) is 16.4. The molecule has 152 valence electrons. The van der Waals surface area contributed by atoms with Gasteiger partial charge in [0.15, 0.2) is 4.80 Å². The molecule has 0 N–H and O–H groups in total. The molecule has 0 saturated heterocycles. The monoisotopic (exact) mass is 415 g/mol. The van der Waals surface area contributed by atoms with Gasteiger partial charge in [0.1, 0.15) is 6.04 Å². The number of thiazole rings is 1. The lowest BCUT2D eigenvalue weighted by atomic mass is 9.96. The Morgan fingerprint density at radius 1 is 1.34 bits per heavy atom. The molecule has 1 aliphatic rings. The van der Waals surface area contributed by atoms with Crippen molar-refractivity contribution in [2.24, 2.45) is 4.99 Å². The molecule has 0 aliphatic carbocycles. The van der Waals surface area contributed by atoms with E-state index < -0.39 is 16.9 Å². The van der Waals surface area contributed by atoms with Crippen molar-refractivity contribution in [1.29, 1.82) is 0 Å². The fourth-order valence-electron chi connectivity index (χ4n) is 3.15. The second-order valence-corrected chi connectivity index (χ2v) is 7.49. The smallest absolute Gasteiger partial charge is 0.338 e. The van der Waals surface area contributed by atoms with E-state index in [1.54, 1.807) is 26.0 Å². The average Bonchev–Trinajstić information content (AvgIpc) is 3.02. The zero-order valence-corrected chi connectivity index (χ0v) is 17.2. The first-order valence-corrected chi connectivity index (χ1v) is 10.1. The summed E-state index contributed by atoms with van der Waals surface area (Å²) in [5.74, 6) is -0.556. The highest BCUT2D eigenvalue weighted by Crippen LogP contribution is 2.33. The maximum atomic E-state index is 12.8. The van der Waals surface area contributed by atoms with Crippen LogP contribution in [-0.2, 0) is 9.53 Å². The number of hydrogen-bond acceptors (Lipinski definition) is 7. The zero-order chi connectivity index (χ0) is 21.1. The standard InChI is InChI=1S/C20H21N3O5S/c1-4-6-7-15-18(24)22-12(3)16(19(25)28-5-2)17(21-20(22)29-15)13-8-10-14(11-9-13)23(26)27/h7-11,17H,4-6H2,1-3H3/b15-7-/t17-/m1/s1. The number of carbonyl (C=O) groups is 1. The molecule has 9 heteroatoms. The molecule has 1 aromatic heterocycles. The van der Waals surface area contributed by atoms with Crippen LogP contribution in [0.3, 0.4) is 0 Å². The number of nitrogens with zero attached hydrogens (tertiary/aromatic N) is 3. The highest BCUT2D eigenvalue weighted by molar-refractivity contribution is 7.07. The lowest BCUT2D eigenvalue weighted by molar-refractivity contribution is -0.384. The van der Waals surface area contributed by atoms with Crippen LogP contribution in [0.5, 0.6) is 0 Å². The van der Waals surface area contributed by atoms with Crippen molar-refractivity contribution in [2.75, 3.05) is 6.61 Å². The summed E-state index contributed by atoms with van der Waals surface area (Å²) in [5.41, 5.74) is 1.09. The predicted octanol–water partition coefficient (Wildman–Crippen LogP) is 2.57. The number of nitro groups is 1. The van der Waals surface area contributed by atoms with E-state index >= 15 is 0 Å². The lowest BCUT2D eigenvalue weighted by Gasteiger charge is -2.22. The Hall–Kier alpha value is -3.07. The minimum atomic E-state index is -0.702. The van der Waals surface area contributed by atoms with E-state index in [4.69, 9.17) is 4.74 Å². The topological polar surface area (TPSA) is 104 Å². The molecule has 1 atom stereocenters. The number of allylic oxidation sites excluding steroid dienone is 1. The Balaban J connectivity index is 2.23. The maximum absolute atomic E-state index is 12.8. The summed E-state index contributed by atoms with van der Waals surface area (Å²) in [7, 11) is 0. The van der Waals surface area contributed by atoms with Crippen molar-refractivity contribution in [3.05, 3.63) is 65.2 Å². The second kappa shape index (κ2) is 8.52. The fourth-order valence-corrected chi connectivity index (χ4v) is 4.20. The number of ether oxygens (including phenoxy) is 1. The van der Waals surface area contributed by atoms with Crippen LogP contribution in [0.1, 0.15) is 45.2 Å². The normalized spacial score (nSPS) is 16.4. The average molecular weight is 415 g/mol. The van der Waals surface area contributed by atoms with Crippen LogP contribution in [0.2, 0.25) is 0 Å². The van der Waals surface area contributed by atoms with Crippen molar-refractivity contribution in [3.63, 3.8) is 0 Å². The molecule has 1 aliphatic heterocycles. The van der Waals surface area contributed by atoms with E-state index in [-0.39, 0.29) is 23.4 Å². The van der Waals surface area contributed by atoms with Crippen molar-refractivity contribution in [1.82, 2.24) is 4.57 Å². The van der Waals surface area contributed by atoms with Gasteiger partial charge in [-0.25, -0.2) is 9.79 Å². The van der Waals surface area contributed by atoms with Gasteiger partial charge < -0.3 is 4.74 Å². The van der Waals surface area contributed by atoms with E-state index in [1.165, 1.54) is 28.0 Å². The Labute approximate surface area is 170 Å². The third-order valence-electron chi connectivity index (χ3n) is 4.58. The molecule has 3 rings (SSSR count). The minimum absolute atomic E-state index is 0.0487. The highest BCUT2D eigenvalue weighted by Gasteiger charge is 2.31. The summed E-state index contributed by atoms with van der Waals surface area (Å²) in [4.78, 5) is 41.1. The molecule has 1 aromatic carbocycles. The molecule has 2 aromatic rings. The van der Waals surface area contributed by atoms with E-state index in [0.29, 0.717) is 20.6 Å². The number of esters is 1. The van der Waals surface area contributed by atoms with Gasteiger partial charge in [-0.15, -0.1) is 0 Å². The number of benzene rings is 1. The summed E-state index contributed by atoms with van der Waals surface area (Å²) in [6.07, 6.45) is 3.57. The summed E-state index contributed by atoms with van der Waals surface area (Å²) in [5, 5.41) is 10.9. The van der Waals surface area contributed by atoms with E-state index in [1.807, 2.05) is 13.0 Å². The summed E-state index contributed by atoms with van der Waals surface area (Å²) >= 11 is 1.27. The molecule has 0 spiro atoms. The van der Waals surface area contributed by atoms with Gasteiger partial charge in [0.05, 0.1) is 21.6 Å². The number of nitro benzene ring substituents is 1. The first-order valence-electron chi connectivity index (χ1n) is 9.31. The van der Waals surface area contributed by atoms with Gasteiger partial charge in [0.2, 0.25) is 0 Å². The number of hydrogen-bond donors (Lipinski definition) is 0. The molecule has 0 saturated carbocycles. The van der Waals surface area contributed by atoms with Crippen LogP contribution in [0.15, 0.2) is 39.6 Å². The van der Waals surface area contributed by atoms with E-state index in [2.05, 4.69) is 4.99 Å². The molecular formula is C20H21N3O5S. The molecule has 0 amide bonds. The highest BCUT2D eigenvalue weighted by atomic mass is 32.1. The minimum Gasteiger partial charge on any atom is -0.463 e. The van der Waals surface area contributed by atoms with Crippen LogP contribution in [0.25, 0.3) is 11.8 Å². The Kier molecular flexibility index (Phi) is 6.07. The second-order valence-electron chi connectivity index (χ2n) is 6.48. The SMILES string of the molecule is CCC/C=c1\sc2n(c1=O)C(C)=C(C(=O)OCC)[C@@H](c1ccc([N+](=O)[O-])cc1)N=2. The number of aromatic nitrogens is 1. The third-order valence-corrected chi connectivity index (χ3v) is 5.61. The first-order chi connectivity index (χ1) is 13.9. The van der Waals surface area contributed by atoms with Gasteiger partial charge in [-0.2, -0.15) is 0 Å². The van der Waals surface area contributed by atoms with Gasteiger partial charge in [-0.05, 0) is 38.0 Å². The molecule has 0 fully saturated rings. The number of rotatable bonds is 6. The Morgan fingerprint density at radius 3 is 2.62 bits per heavy atom. The summed E-state index contributed by atoms with van der Waals surface area (Å²) in [6, 6.07) is 5.19. The largest absolute Gasteiger partial charge is 0.463 e. The van der Waals surface area contributed by atoms with Crippen molar-refractivity contribution >= 4 is 34.8 Å². The molecule has 8 nitrogen and oxygen atoms in total. The molecule has 29 heavy (non-hydrogen) atoms. The van der Waals surface area contributed by atoms with Crippen LogP contribution >= 0.6 is 11.3 Å². The van der Waals surface area contributed by atoms with Gasteiger partial charge >= 0.3 is 5.97 Å². The van der Waals surface area contributed by atoms with Gasteiger partial charge in [-0.3, -0.25) is 19.5 Å². The third kappa shape index (κ3) is 3.91. The van der Waals surface area contributed by atoms with Crippen molar-refractivity contribution in [3.8, 4) is 0 Å². The molecule has 0 unspecified atom stereocenters. The van der Waals surface area contributed by atoms with Crippen LogP contribution in [0, 0.1) is 10.1 Å². The van der Waals surface area contributed by atoms with Gasteiger partial charge in [0.25, 0.3) is 11.2 Å². The quantitative estimate of drug-likeness (QED) is 0.410. The lowest BCUT2D eigenvalue weighted by Crippen LogP contribution is -2.35. The number of non-ortho nitro benzene ring substituents is 1. The summed E-state index contributed by atoms with van der Waals surface area (Å²) in [6.45, 7) is 5.61. The number of unbranched alkanes of at least 4 members (excludes halogenated alkanes) is 1. The molecule has 0 radical (unpaired) electrons. The van der Waals surface area contributed by atoms with Crippen LogP contribution in [-0.4, -0.2) is 22.1 Å². The van der Waals surface area contributed by atoms with Crippen molar-refractivity contribution < 1.29 is 14.5 Å². The summed E-state index contributed by atoms with van der Waals surface area (Å²) < 4.78 is 7.23. The number of fused-ring (bicyclic) bond motifs is 1. The van der Waals surface area contributed by atoms with Crippen molar-refractivity contribution in [2.45, 2.75) is 39.7 Å². The predicted molar refractivity (Wildman–Crippen MR) is 110 cm³/mol. The van der Waals surface area contributed by atoms with Gasteiger partial charge in [-0.1, -0.05) is 30.8 Å². The number of carbonyl (C=O) groups excluding carboxylic acids is 1.